The predicted molar refractivity (Wildman–Crippen MR) is 82.1 cm³/mol. The highest BCUT2D eigenvalue weighted by molar-refractivity contribution is 7.14. The molecule has 0 aliphatic rings. The van der Waals surface area contributed by atoms with Gasteiger partial charge in [0.2, 0.25) is 0 Å². The third-order valence-corrected chi connectivity index (χ3v) is 3.63. The van der Waals surface area contributed by atoms with Crippen LogP contribution in [0.4, 0.5) is 9.80 Å². The number of carbonyl (C=O) groups excluding carboxylic acids is 1. The van der Waals surface area contributed by atoms with E-state index in [0.29, 0.717) is 12.3 Å². The Morgan fingerprint density at radius 1 is 1.24 bits per heavy atom. The number of rotatable bonds is 4. The fourth-order valence-electron chi connectivity index (χ4n) is 1.90. The normalized spacial score (nSPS) is 10.3. The lowest BCUT2D eigenvalue weighted by Gasteiger charge is -2.08. The zero-order valence-corrected chi connectivity index (χ0v) is 11.9. The van der Waals surface area contributed by atoms with E-state index in [2.05, 4.69) is 15.6 Å². The van der Waals surface area contributed by atoms with Crippen LogP contribution in [-0.4, -0.2) is 11.0 Å². The van der Waals surface area contributed by atoms with Crippen LogP contribution in [0.25, 0.3) is 11.5 Å². The quantitative estimate of drug-likeness (QED) is 0.771. The fourth-order valence-corrected chi connectivity index (χ4v) is 2.51. The number of hydrogen-bond donors (Lipinski definition) is 2. The molecule has 0 atom stereocenters. The SMILES string of the molecule is O=C(NCc1cccnc1-c1ccco1)Nc1cccs1. The molecular weight excluding hydrogens is 286 g/mol. The van der Waals surface area contributed by atoms with Crippen LogP contribution in [0, 0.1) is 0 Å². The summed E-state index contributed by atoms with van der Waals surface area (Å²) in [5, 5.41) is 8.30. The Labute approximate surface area is 125 Å². The average molecular weight is 299 g/mol. The standard InChI is InChI=1S/C15H13N3O2S/c19-15(18-13-6-3-9-21-13)17-10-11-4-1-7-16-14(11)12-5-2-8-20-12/h1-9H,10H2,(H2,17,18,19). The van der Waals surface area contributed by atoms with E-state index in [1.54, 1.807) is 12.5 Å². The molecule has 0 fully saturated rings. The first-order valence-electron chi connectivity index (χ1n) is 6.39. The number of urea groups is 1. The van der Waals surface area contributed by atoms with E-state index in [9.17, 15) is 4.79 Å². The number of nitrogens with zero attached hydrogens (tertiary/aromatic N) is 1. The van der Waals surface area contributed by atoms with Crippen LogP contribution in [0.15, 0.2) is 58.7 Å². The van der Waals surface area contributed by atoms with Gasteiger partial charge in [-0.1, -0.05) is 6.07 Å². The van der Waals surface area contributed by atoms with Crippen molar-refractivity contribution in [1.82, 2.24) is 10.3 Å². The topological polar surface area (TPSA) is 67.2 Å². The molecule has 3 aromatic heterocycles. The van der Waals surface area contributed by atoms with Gasteiger partial charge in [-0.2, -0.15) is 0 Å². The van der Waals surface area contributed by atoms with Gasteiger partial charge in [-0.25, -0.2) is 4.79 Å². The van der Waals surface area contributed by atoms with Crippen molar-refractivity contribution in [3.05, 3.63) is 59.8 Å². The van der Waals surface area contributed by atoms with Crippen molar-refractivity contribution in [2.45, 2.75) is 6.54 Å². The van der Waals surface area contributed by atoms with Crippen LogP contribution in [-0.2, 0) is 6.54 Å². The van der Waals surface area contributed by atoms with E-state index in [0.717, 1.165) is 16.3 Å². The molecule has 106 valence electrons. The molecule has 3 heterocycles. The van der Waals surface area contributed by atoms with Crippen LogP contribution in [0.5, 0.6) is 0 Å². The highest BCUT2D eigenvalue weighted by atomic mass is 32.1. The Bertz CT molecular complexity index is 708. The Kier molecular flexibility index (Phi) is 3.97. The second-order valence-electron chi connectivity index (χ2n) is 4.27. The molecule has 0 spiro atoms. The monoisotopic (exact) mass is 299 g/mol. The van der Waals surface area contributed by atoms with Gasteiger partial charge < -0.3 is 9.73 Å². The largest absolute Gasteiger partial charge is 0.463 e. The molecule has 21 heavy (non-hydrogen) atoms. The van der Waals surface area contributed by atoms with Crippen LogP contribution in [0.1, 0.15) is 5.56 Å². The Balaban J connectivity index is 1.67. The second-order valence-corrected chi connectivity index (χ2v) is 5.22. The first-order chi connectivity index (χ1) is 10.3. The van der Waals surface area contributed by atoms with Crippen molar-refractivity contribution in [3.8, 4) is 11.5 Å². The number of nitrogens with one attached hydrogen (secondary N) is 2. The van der Waals surface area contributed by atoms with Gasteiger partial charge in [0.15, 0.2) is 5.76 Å². The van der Waals surface area contributed by atoms with Crippen LogP contribution < -0.4 is 10.6 Å². The summed E-state index contributed by atoms with van der Waals surface area (Å²) in [7, 11) is 0. The molecule has 2 amide bonds. The summed E-state index contributed by atoms with van der Waals surface area (Å²) in [5.41, 5.74) is 1.63. The summed E-state index contributed by atoms with van der Waals surface area (Å²) in [6.07, 6.45) is 3.30. The first kappa shape index (κ1) is 13.4. The van der Waals surface area contributed by atoms with Crippen molar-refractivity contribution < 1.29 is 9.21 Å². The van der Waals surface area contributed by atoms with Gasteiger partial charge in [-0.15, -0.1) is 11.3 Å². The minimum Gasteiger partial charge on any atom is -0.463 e. The van der Waals surface area contributed by atoms with Gasteiger partial charge in [0.1, 0.15) is 5.69 Å². The van der Waals surface area contributed by atoms with E-state index in [4.69, 9.17) is 4.42 Å². The number of carbonyl (C=O) groups is 1. The smallest absolute Gasteiger partial charge is 0.320 e. The lowest BCUT2D eigenvalue weighted by molar-refractivity contribution is 0.252. The summed E-state index contributed by atoms with van der Waals surface area (Å²) in [5.74, 6) is 0.686. The van der Waals surface area contributed by atoms with Crippen molar-refractivity contribution in [2.75, 3.05) is 5.32 Å². The summed E-state index contributed by atoms with van der Waals surface area (Å²) in [4.78, 5) is 16.1. The number of amides is 2. The number of furan rings is 1. The zero-order chi connectivity index (χ0) is 14.5. The lowest BCUT2D eigenvalue weighted by atomic mass is 10.1. The van der Waals surface area contributed by atoms with Crippen LogP contribution >= 0.6 is 11.3 Å². The molecule has 0 aliphatic heterocycles. The van der Waals surface area contributed by atoms with E-state index >= 15 is 0 Å². The molecular formula is C15H13N3O2S. The van der Waals surface area contributed by atoms with Gasteiger partial charge in [0, 0.05) is 18.3 Å². The minimum absolute atomic E-state index is 0.244. The summed E-state index contributed by atoms with van der Waals surface area (Å²) < 4.78 is 5.36. The molecule has 0 saturated heterocycles. The Hall–Kier alpha value is -2.60. The predicted octanol–water partition coefficient (Wildman–Crippen LogP) is 3.72. The van der Waals surface area contributed by atoms with Crippen molar-refractivity contribution in [2.24, 2.45) is 0 Å². The molecule has 0 aliphatic carbocycles. The molecule has 0 radical (unpaired) electrons. The number of hydrogen-bond acceptors (Lipinski definition) is 4. The van der Waals surface area contributed by atoms with Crippen molar-refractivity contribution >= 4 is 22.4 Å². The molecule has 5 nitrogen and oxygen atoms in total. The maximum Gasteiger partial charge on any atom is 0.320 e. The maximum atomic E-state index is 11.8. The van der Waals surface area contributed by atoms with E-state index in [1.807, 2.05) is 41.8 Å². The fraction of sp³-hybridized carbons (Fsp3) is 0.0667. The number of thiophene rings is 1. The molecule has 0 unspecified atom stereocenters. The minimum atomic E-state index is -0.244. The molecule has 3 rings (SSSR count). The average Bonchev–Trinajstić information content (AvgIpc) is 3.18. The van der Waals surface area contributed by atoms with Gasteiger partial charge in [0.25, 0.3) is 0 Å². The molecule has 0 aromatic carbocycles. The first-order valence-corrected chi connectivity index (χ1v) is 7.27. The van der Waals surface area contributed by atoms with E-state index in [1.165, 1.54) is 11.3 Å². The van der Waals surface area contributed by atoms with Gasteiger partial charge >= 0.3 is 6.03 Å². The molecule has 3 aromatic rings. The van der Waals surface area contributed by atoms with Crippen molar-refractivity contribution in [1.29, 1.82) is 0 Å². The molecule has 0 saturated carbocycles. The summed E-state index contributed by atoms with van der Waals surface area (Å²) >= 11 is 1.47. The molecule has 2 N–H and O–H groups in total. The lowest BCUT2D eigenvalue weighted by Crippen LogP contribution is -2.28. The van der Waals surface area contributed by atoms with E-state index in [-0.39, 0.29) is 6.03 Å². The van der Waals surface area contributed by atoms with Gasteiger partial charge in [0.05, 0.1) is 11.3 Å². The molecule has 0 bridgehead atoms. The second kappa shape index (κ2) is 6.23. The number of aromatic nitrogens is 1. The Morgan fingerprint density at radius 3 is 2.95 bits per heavy atom. The third-order valence-electron chi connectivity index (χ3n) is 2.84. The maximum absolute atomic E-state index is 11.8. The highest BCUT2D eigenvalue weighted by Gasteiger charge is 2.10. The summed E-state index contributed by atoms with van der Waals surface area (Å²) in [6, 6.07) is 10.9. The van der Waals surface area contributed by atoms with E-state index < -0.39 is 0 Å². The number of anilines is 1. The highest BCUT2D eigenvalue weighted by Crippen LogP contribution is 2.21. The van der Waals surface area contributed by atoms with Crippen LogP contribution in [0.3, 0.4) is 0 Å². The third kappa shape index (κ3) is 3.29. The van der Waals surface area contributed by atoms with Gasteiger partial charge in [-0.05, 0) is 35.7 Å². The molecule has 6 heteroatoms. The Morgan fingerprint density at radius 2 is 2.19 bits per heavy atom. The number of pyridine rings is 1. The summed E-state index contributed by atoms with van der Waals surface area (Å²) in [6.45, 7) is 0.376. The van der Waals surface area contributed by atoms with Crippen molar-refractivity contribution in [3.63, 3.8) is 0 Å². The zero-order valence-electron chi connectivity index (χ0n) is 11.1. The van der Waals surface area contributed by atoms with Crippen LogP contribution in [0.2, 0.25) is 0 Å². The van der Waals surface area contributed by atoms with Gasteiger partial charge in [-0.3, -0.25) is 10.3 Å².